The Hall–Kier alpha value is -3.06. The maximum absolute atomic E-state index is 6.27. The van der Waals surface area contributed by atoms with E-state index >= 15 is 0 Å². The smallest absolute Gasteiger partial charge is 0.191 e. The molecule has 2 N–H and O–H groups in total. The van der Waals surface area contributed by atoms with Crippen LogP contribution in [0.5, 0.6) is 0 Å². The number of hydrogen-bond donors (Lipinski definition) is 1. The van der Waals surface area contributed by atoms with E-state index in [1.54, 1.807) is 18.7 Å². The van der Waals surface area contributed by atoms with Crippen LogP contribution in [0.3, 0.4) is 0 Å². The average molecular weight is 396 g/mol. The zero-order valence-corrected chi connectivity index (χ0v) is 16.2. The van der Waals surface area contributed by atoms with Gasteiger partial charge >= 0.3 is 0 Å². The van der Waals surface area contributed by atoms with Crippen molar-refractivity contribution in [1.82, 2.24) is 19.4 Å². The van der Waals surface area contributed by atoms with E-state index in [9.17, 15) is 0 Å². The summed E-state index contributed by atoms with van der Waals surface area (Å²) in [6.45, 7) is 3.93. The van der Waals surface area contributed by atoms with Gasteiger partial charge in [-0.05, 0) is 30.3 Å². The molecular weight excluding hydrogens is 374 g/mol. The summed E-state index contributed by atoms with van der Waals surface area (Å²) in [5.74, 6) is 1.39. The standard InChI is InChI=1S/C20H22ClN7/c21-17-3-5-18(6-4-17)26-10-12-27(13-11-26)20(22)25-14-16-2-1-7-24-19(16)28-9-8-23-15-28/h1-9,15H,10-14H2,(H2,22,25). The Bertz CT molecular complexity index is 929. The lowest BCUT2D eigenvalue weighted by molar-refractivity contribution is 0.380. The third kappa shape index (κ3) is 4.09. The highest BCUT2D eigenvalue weighted by molar-refractivity contribution is 6.30. The van der Waals surface area contributed by atoms with Gasteiger partial charge in [0.05, 0.1) is 6.54 Å². The molecule has 0 amide bonds. The summed E-state index contributed by atoms with van der Waals surface area (Å²) in [5.41, 5.74) is 8.45. The van der Waals surface area contributed by atoms with E-state index in [4.69, 9.17) is 17.3 Å². The van der Waals surface area contributed by atoms with Crippen molar-refractivity contribution in [2.24, 2.45) is 10.7 Å². The molecule has 28 heavy (non-hydrogen) atoms. The number of piperazine rings is 1. The molecule has 0 atom stereocenters. The van der Waals surface area contributed by atoms with Crippen molar-refractivity contribution in [3.63, 3.8) is 0 Å². The number of aromatic nitrogens is 3. The van der Waals surface area contributed by atoms with Crippen LogP contribution in [-0.2, 0) is 6.54 Å². The Morgan fingerprint density at radius 2 is 1.86 bits per heavy atom. The summed E-state index contributed by atoms with van der Waals surface area (Å²) >= 11 is 5.98. The van der Waals surface area contributed by atoms with E-state index in [-0.39, 0.29) is 0 Å². The Labute approximate surface area is 169 Å². The first kappa shape index (κ1) is 18.3. The molecule has 3 aromatic rings. The third-order valence-electron chi connectivity index (χ3n) is 4.82. The fourth-order valence-electron chi connectivity index (χ4n) is 3.28. The van der Waals surface area contributed by atoms with Crippen LogP contribution in [0.2, 0.25) is 5.02 Å². The summed E-state index contributed by atoms with van der Waals surface area (Å²) in [6, 6.07) is 11.9. The molecule has 3 heterocycles. The molecule has 7 nitrogen and oxygen atoms in total. The lowest BCUT2D eigenvalue weighted by atomic mass is 10.2. The molecule has 1 fully saturated rings. The first-order valence-electron chi connectivity index (χ1n) is 9.18. The van der Waals surface area contributed by atoms with E-state index in [1.165, 1.54) is 5.69 Å². The number of nitrogens with zero attached hydrogens (tertiary/aromatic N) is 6. The number of nitrogens with two attached hydrogens (primary N) is 1. The normalized spacial score (nSPS) is 15.1. The van der Waals surface area contributed by atoms with Crippen LogP contribution in [0.1, 0.15) is 5.56 Å². The van der Waals surface area contributed by atoms with Crippen molar-refractivity contribution in [3.8, 4) is 5.82 Å². The fraction of sp³-hybridized carbons (Fsp3) is 0.250. The van der Waals surface area contributed by atoms with Gasteiger partial charge in [0.1, 0.15) is 12.1 Å². The maximum atomic E-state index is 6.27. The zero-order valence-electron chi connectivity index (χ0n) is 15.4. The van der Waals surface area contributed by atoms with Crippen molar-refractivity contribution in [2.75, 3.05) is 31.1 Å². The highest BCUT2D eigenvalue weighted by Crippen LogP contribution is 2.19. The molecule has 2 aromatic heterocycles. The van der Waals surface area contributed by atoms with Crippen molar-refractivity contribution in [2.45, 2.75) is 6.54 Å². The average Bonchev–Trinajstić information content (AvgIpc) is 3.28. The molecule has 144 valence electrons. The lowest BCUT2D eigenvalue weighted by Crippen LogP contribution is -2.51. The number of benzene rings is 1. The van der Waals surface area contributed by atoms with Gasteiger partial charge in [0.2, 0.25) is 0 Å². The quantitative estimate of drug-likeness (QED) is 0.542. The summed E-state index contributed by atoms with van der Waals surface area (Å²) in [7, 11) is 0. The summed E-state index contributed by atoms with van der Waals surface area (Å²) in [6.07, 6.45) is 7.10. The number of guanidine groups is 1. The van der Waals surface area contributed by atoms with Crippen LogP contribution in [0, 0.1) is 0 Å². The fourth-order valence-corrected chi connectivity index (χ4v) is 3.41. The van der Waals surface area contributed by atoms with Gasteiger partial charge in [-0.1, -0.05) is 17.7 Å². The van der Waals surface area contributed by atoms with Crippen LogP contribution in [0.15, 0.2) is 66.3 Å². The van der Waals surface area contributed by atoms with Crippen molar-refractivity contribution < 1.29 is 0 Å². The van der Waals surface area contributed by atoms with Gasteiger partial charge < -0.3 is 15.5 Å². The number of rotatable bonds is 4. The molecule has 8 heteroatoms. The van der Waals surface area contributed by atoms with Gasteiger partial charge in [-0.2, -0.15) is 0 Å². The van der Waals surface area contributed by atoms with Crippen molar-refractivity contribution >= 4 is 23.2 Å². The molecule has 1 aliphatic heterocycles. The molecule has 0 saturated carbocycles. The van der Waals surface area contributed by atoms with Crippen LogP contribution in [0.25, 0.3) is 5.82 Å². The minimum Gasteiger partial charge on any atom is -0.370 e. The summed E-state index contributed by atoms with van der Waals surface area (Å²) in [5, 5.41) is 0.754. The predicted octanol–water partition coefficient (Wildman–Crippen LogP) is 2.56. The number of imidazole rings is 1. The van der Waals surface area contributed by atoms with Gasteiger partial charge in [-0.15, -0.1) is 0 Å². The molecule has 1 aromatic carbocycles. The second-order valence-corrected chi connectivity index (χ2v) is 7.02. The van der Waals surface area contributed by atoms with Crippen molar-refractivity contribution in [1.29, 1.82) is 0 Å². The van der Waals surface area contributed by atoms with Gasteiger partial charge in [-0.25, -0.2) is 15.0 Å². The predicted molar refractivity (Wildman–Crippen MR) is 112 cm³/mol. The first-order chi connectivity index (χ1) is 13.7. The lowest BCUT2D eigenvalue weighted by Gasteiger charge is -2.36. The molecular formula is C20H22ClN7. The first-order valence-corrected chi connectivity index (χ1v) is 9.56. The van der Waals surface area contributed by atoms with Gasteiger partial charge in [0.15, 0.2) is 5.96 Å². The van der Waals surface area contributed by atoms with E-state index in [0.29, 0.717) is 12.5 Å². The molecule has 0 bridgehead atoms. The number of pyridine rings is 1. The summed E-state index contributed by atoms with van der Waals surface area (Å²) < 4.78 is 1.88. The van der Waals surface area contributed by atoms with Gasteiger partial charge in [0, 0.05) is 61.0 Å². The second-order valence-electron chi connectivity index (χ2n) is 6.58. The topological polar surface area (TPSA) is 75.6 Å². The highest BCUT2D eigenvalue weighted by Gasteiger charge is 2.18. The molecule has 0 radical (unpaired) electrons. The number of aliphatic imine (C=N–C) groups is 1. The third-order valence-corrected chi connectivity index (χ3v) is 5.08. The minimum atomic E-state index is 0.477. The van der Waals surface area contributed by atoms with E-state index in [2.05, 4.69) is 36.9 Å². The van der Waals surface area contributed by atoms with Crippen molar-refractivity contribution in [3.05, 3.63) is 71.9 Å². The van der Waals surface area contributed by atoms with Gasteiger partial charge in [0.25, 0.3) is 0 Å². The van der Waals surface area contributed by atoms with Crippen LogP contribution in [0.4, 0.5) is 5.69 Å². The van der Waals surface area contributed by atoms with Crippen LogP contribution in [-0.4, -0.2) is 51.6 Å². The van der Waals surface area contributed by atoms with E-state index in [1.807, 2.05) is 35.0 Å². The Morgan fingerprint density at radius 1 is 1.07 bits per heavy atom. The molecule has 4 rings (SSSR count). The zero-order chi connectivity index (χ0) is 19.3. The molecule has 1 saturated heterocycles. The number of anilines is 1. The van der Waals surface area contributed by atoms with E-state index in [0.717, 1.165) is 42.6 Å². The van der Waals surface area contributed by atoms with Crippen LogP contribution >= 0.6 is 11.6 Å². The highest BCUT2D eigenvalue weighted by atomic mass is 35.5. The second kappa shape index (κ2) is 8.31. The van der Waals surface area contributed by atoms with Gasteiger partial charge in [-0.3, -0.25) is 4.57 Å². The Balaban J connectivity index is 1.39. The Kier molecular flexibility index (Phi) is 5.43. The largest absolute Gasteiger partial charge is 0.370 e. The minimum absolute atomic E-state index is 0.477. The Morgan fingerprint density at radius 3 is 2.57 bits per heavy atom. The SMILES string of the molecule is NC(=NCc1cccnc1-n1ccnc1)N1CCN(c2ccc(Cl)cc2)CC1. The van der Waals surface area contributed by atoms with E-state index < -0.39 is 0 Å². The number of hydrogen-bond acceptors (Lipinski definition) is 4. The monoisotopic (exact) mass is 395 g/mol. The number of halogens is 1. The van der Waals surface area contributed by atoms with Crippen LogP contribution < -0.4 is 10.6 Å². The summed E-state index contributed by atoms with van der Waals surface area (Å²) in [4.78, 5) is 17.6. The molecule has 0 aliphatic carbocycles. The molecule has 0 spiro atoms. The molecule has 1 aliphatic rings. The molecule has 0 unspecified atom stereocenters. The maximum Gasteiger partial charge on any atom is 0.191 e.